The molecule has 2 heteroatoms. The molecule has 74 valence electrons. The molecule has 1 nitrogen and oxygen atoms in total. The summed E-state index contributed by atoms with van der Waals surface area (Å²) in [5.41, 5.74) is 6.52. The minimum atomic E-state index is -0.242. The maximum absolute atomic E-state index is 12.5. The Labute approximate surface area is 84.1 Å². The van der Waals surface area contributed by atoms with Crippen molar-refractivity contribution in [3.63, 3.8) is 0 Å². The molecule has 2 N–H and O–H groups in total. The van der Waals surface area contributed by atoms with E-state index in [1.165, 1.54) is 12.1 Å². The fourth-order valence-electron chi connectivity index (χ4n) is 1.09. The van der Waals surface area contributed by atoms with Crippen molar-refractivity contribution in [2.24, 2.45) is 5.73 Å². The van der Waals surface area contributed by atoms with Gasteiger partial charge in [-0.1, -0.05) is 25.2 Å². The zero-order valence-electron chi connectivity index (χ0n) is 8.26. The van der Waals surface area contributed by atoms with E-state index in [4.69, 9.17) is 5.73 Å². The molecule has 0 aliphatic heterocycles. The summed E-state index contributed by atoms with van der Waals surface area (Å²) < 4.78 is 12.5. The average molecular weight is 191 g/mol. The van der Waals surface area contributed by atoms with E-state index in [9.17, 15) is 4.39 Å². The van der Waals surface area contributed by atoms with Crippen molar-refractivity contribution in [3.8, 4) is 11.8 Å². The summed E-state index contributed by atoms with van der Waals surface area (Å²) >= 11 is 0. The molecule has 14 heavy (non-hydrogen) atoms. The molecule has 0 amide bonds. The van der Waals surface area contributed by atoms with Crippen molar-refractivity contribution >= 4 is 0 Å². The van der Waals surface area contributed by atoms with Crippen molar-refractivity contribution in [1.82, 2.24) is 0 Å². The van der Waals surface area contributed by atoms with Crippen LogP contribution in [0.3, 0.4) is 0 Å². The quantitative estimate of drug-likeness (QED) is 0.713. The third-order valence-electron chi connectivity index (χ3n) is 1.85. The Morgan fingerprint density at radius 2 is 2.00 bits per heavy atom. The van der Waals surface area contributed by atoms with Gasteiger partial charge in [0.1, 0.15) is 5.82 Å². The van der Waals surface area contributed by atoms with Crippen molar-refractivity contribution < 1.29 is 4.39 Å². The predicted octanol–water partition coefficient (Wildman–Crippen LogP) is 2.30. The molecule has 0 heterocycles. The molecule has 1 atom stereocenters. The number of benzene rings is 1. The number of nitrogens with two attached hydrogens (primary N) is 1. The molecule has 0 spiro atoms. The van der Waals surface area contributed by atoms with Gasteiger partial charge in [0.2, 0.25) is 0 Å². The standard InChI is InChI=1S/C12H14FN/c1-2-3-12(14)9-6-10-4-7-11(13)8-5-10/h4-5,7-8,12H,2-3,14H2,1H3. The van der Waals surface area contributed by atoms with Crippen molar-refractivity contribution in [2.75, 3.05) is 0 Å². The molecule has 0 fully saturated rings. The fraction of sp³-hybridized carbons (Fsp3) is 0.333. The first kappa shape index (κ1) is 10.7. The fourth-order valence-corrected chi connectivity index (χ4v) is 1.09. The second kappa shape index (κ2) is 5.41. The Morgan fingerprint density at radius 3 is 2.57 bits per heavy atom. The van der Waals surface area contributed by atoms with Gasteiger partial charge in [-0.25, -0.2) is 4.39 Å². The zero-order chi connectivity index (χ0) is 10.4. The van der Waals surface area contributed by atoms with Crippen LogP contribution < -0.4 is 5.73 Å². The van der Waals surface area contributed by atoms with Crippen LogP contribution >= 0.6 is 0 Å². The minimum Gasteiger partial charge on any atom is -0.318 e. The molecule has 0 saturated carbocycles. The molecule has 1 rings (SSSR count). The maximum atomic E-state index is 12.5. The molecule has 0 aliphatic rings. The van der Waals surface area contributed by atoms with E-state index in [-0.39, 0.29) is 11.9 Å². The van der Waals surface area contributed by atoms with E-state index in [1.807, 2.05) is 0 Å². The van der Waals surface area contributed by atoms with Crippen LogP contribution in [-0.4, -0.2) is 6.04 Å². The maximum Gasteiger partial charge on any atom is 0.123 e. The van der Waals surface area contributed by atoms with E-state index >= 15 is 0 Å². The van der Waals surface area contributed by atoms with Crippen molar-refractivity contribution in [3.05, 3.63) is 35.6 Å². The Hall–Kier alpha value is -1.33. The molecular weight excluding hydrogens is 177 g/mol. The van der Waals surface area contributed by atoms with Crippen LogP contribution in [0, 0.1) is 17.7 Å². The van der Waals surface area contributed by atoms with Crippen molar-refractivity contribution in [2.45, 2.75) is 25.8 Å². The van der Waals surface area contributed by atoms with Gasteiger partial charge < -0.3 is 5.73 Å². The van der Waals surface area contributed by atoms with E-state index in [0.717, 1.165) is 18.4 Å². The first-order chi connectivity index (χ1) is 6.72. The number of hydrogen-bond donors (Lipinski definition) is 1. The lowest BCUT2D eigenvalue weighted by molar-refractivity contribution is 0.627. The van der Waals surface area contributed by atoms with Gasteiger partial charge in [0, 0.05) is 5.56 Å². The highest BCUT2D eigenvalue weighted by molar-refractivity contribution is 5.34. The van der Waals surface area contributed by atoms with E-state index in [0.29, 0.717) is 0 Å². The first-order valence-corrected chi connectivity index (χ1v) is 4.75. The van der Waals surface area contributed by atoms with Gasteiger partial charge in [-0.05, 0) is 30.7 Å². The minimum absolute atomic E-state index is 0.0787. The van der Waals surface area contributed by atoms with Gasteiger partial charge >= 0.3 is 0 Å². The first-order valence-electron chi connectivity index (χ1n) is 4.75. The third kappa shape index (κ3) is 3.59. The Balaban J connectivity index is 2.63. The second-order valence-electron chi connectivity index (χ2n) is 3.17. The smallest absolute Gasteiger partial charge is 0.123 e. The number of hydrogen-bond acceptors (Lipinski definition) is 1. The van der Waals surface area contributed by atoms with Crippen LogP contribution in [0.15, 0.2) is 24.3 Å². The molecule has 0 aliphatic carbocycles. The van der Waals surface area contributed by atoms with Crippen LogP contribution in [-0.2, 0) is 0 Å². The third-order valence-corrected chi connectivity index (χ3v) is 1.85. The van der Waals surface area contributed by atoms with Crippen LogP contribution in [0.1, 0.15) is 25.3 Å². The average Bonchev–Trinajstić information content (AvgIpc) is 2.17. The van der Waals surface area contributed by atoms with E-state index in [1.54, 1.807) is 12.1 Å². The highest BCUT2D eigenvalue weighted by atomic mass is 19.1. The van der Waals surface area contributed by atoms with Crippen molar-refractivity contribution in [1.29, 1.82) is 0 Å². The highest BCUT2D eigenvalue weighted by Gasteiger charge is 1.93. The Bertz CT molecular complexity index is 332. The Kier molecular flexibility index (Phi) is 4.15. The topological polar surface area (TPSA) is 26.0 Å². The van der Waals surface area contributed by atoms with Gasteiger partial charge in [-0.15, -0.1) is 0 Å². The van der Waals surface area contributed by atoms with Gasteiger partial charge in [0.15, 0.2) is 0 Å². The van der Waals surface area contributed by atoms with E-state index < -0.39 is 0 Å². The van der Waals surface area contributed by atoms with Gasteiger partial charge in [-0.2, -0.15) is 0 Å². The van der Waals surface area contributed by atoms with Crippen LogP contribution in [0.25, 0.3) is 0 Å². The summed E-state index contributed by atoms with van der Waals surface area (Å²) in [6.45, 7) is 2.07. The normalized spacial score (nSPS) is 11.6. The molecular formula is C12H14FN. The van der Waals surface area contributed by atoms with Gasteiger partial charge in [-0.3, -0.25) is 0 Å². The SMILES string of the molecule is CCCC(N)C#Cc1ccc(F)cc1. The lowest BCUT2D eigenvalue weighted by atomic mass is 10.1. The largest absolute Gasteiger partial charge is 0.318 e. The Morgan fingerprint density at radius 1 is 1.36 bits per heavy atom. The van der Waals surface area contributed by atoms with Gasteiger partial charge in [0.25, 0.3) is 0 Å². The van der Waals surface area contributed by atoms with Crippen LogP contribution in [0.5, 0.6) is 0 Å². The van der Waals surface area contributed by atoms with Crippen LogP contribution in [0.2, 0.25) is 0 Å². The molecule has 0 saturated heterocycles. The van der Waals surface area contributed by atoms with Crippen LogP contribution in [0.4, 0.5) is 4.39 Å². The molecule has 1 aromatic carbocycles. The zero-order valence-corrected chi connectivity index (χ0v) is 8.26. The molecule has 1 aromatic rings. The summed E-state index contributed by atoms with van der Waals surface area (Å²) in [5, 5.41) is 0. The summed E-state index contributed by atoms with van der Waals surface area (Å²) in [6.07, 6.45) is 1.92. The second-order valence-corrected chi connectivity index (χ2v) is 3.17. The monoisotopic (exact) mass is 191 g/mol. The predicted molar refractivity (Wildman–Crippen MR) is 56.2 cm³/mol. The number of halogens is 1. The van der Waals surface area contributed by atoms with Gasteiger partial charge in [0.05, 0.1) is 6.04 Å². The lowest BCUT2D eigenvalue weighted by Crippen LogP contribution is -2.16. The summed E-state index contributed by atoms with van der Waals surface area (Å²) in [7, 11) is 0. The summed E-state index contributed by atoms with van der Waals surface area (Å²) in [6, 6.07) is 6.03. The molecule has 0 bridgehead atoms. The summed E-state index contributed by atoms with van der Waals surface area (Å²) in [4.78, 5) is 0. The molecule has 1 unspecified atom stereocenters. The lowest BCUT2D eigenvalue weighted by Gasteiger charge is -1.98. The number of rotatable bonds is 2. The molecule has 0 radical (unpaired) electrons. The van der Waals surface area contributed by atoms with E-state index in [2.05, 4.69) is 18.8 Å². The summed E-state index contributed by atoms with van der Waals surface area (Å²) in [5.74, 6) is 5.60. The molecule has 0 aromatic heterocycles. The highest BCUT2D eigenvalue weighted by Crippen LogP contribution is 2.01.